The summed E-state index contributed by atoms with van der Waals surface area (Å²) in [6.45, 7) is 1.01. The molecule has 5 nitrogen and oxygen atoms in total. The first-order valence-electron chi connectivity index (χ1n) is 11.0. The lowest BCUT2D eigenvalue weighted by Crippen LogP contribution is -2.41. The highest BCUT2D eigenvalue weighted by Gasteiger charge is 2.28. The van der Waals surface area contributed by atoms with Gasteiger partial charge in [0.1, 0.15) is 5.82 Å². The van der Waals surface area contributed by atoms with Gasteiger partial charge in [-0.2, -0.15) is 0 Å². The maximum atomic E-state index is 13.1. The number of aromatic nitrogens is 1. The molecule has 0 bridgehead atoms. The standard InChI is InChI=1S/C25H24FN3O2S/c26-21-8-6-18(7-9-21)24(31)29-12-10-17(11-13-29)23(30)28-25-27-22(15-32-25)20-5-4-16-2-1-3-19(16)14-20/h4-9,14-15,17H,1-3,10-13H2,(H,27,28,30). The van der Waals surface area contributed by atoms with E-state index >= 15 is 0 Å². The van der Waals surface area contributed by atoms with E-state index in [2.05, 4.69) is 28.5 Å². The Balaban J connectivity index is 1.17. The Morgan fingerprint density at radius 3 is 2.56 bits per heavy atom. The Bertz CT molecular complexity index is 1150. The lowest BCUT2D eigenvalue weighted by atomic mass is 9.95. The number of nitrogens with one attached hydrogen (secondary N) is 1. The van der Waals surface area contributed by atoms with Crippen LogP contribution in [0, 0.1) is 11.7 Å². The van der Waals surface area contributed by atoms with Crippen LogP contribution in [0.3, 0.4) is 0 Å². The Morgan fingerprint density at radius 1 is 1.03 bits per heavy atom. The quantitative estimate of drug-likeness (QED) is 0.614. The SMILES string of the molecule is O=C(Nc1nc(-c2ccc3c(c2)CCC3)cs1)C1CCN(C(=O)c2ccc(F)cc2)CC1. The third-order valence-corrected chi connectivity index (χ3v) is 7.13. The Hall–Kier alpha value is -3.06. The van der Waals surface area contributed by atoms with Gasteiger partial charge in [-0.3, -0.25) is 9.59 Å². The molecule has 32 heavy (non-hydrogen) atoms. The van der Waals surface area contributed by atoms with Crippen molar-refractivity contribution in [3.05, 3.63) is 70.4 Å². The van der Waals surface area contributed by atoms with Crippen LogP contribution in [-0.2, 0) is 17.6 Å². The predicted molar refractivity (Wildman–Crippen MR) is 123 cm³/mol. The fourth-order valence-corrected chi connectivity index (χ4v) is 5.24. The first-order valence-corrected chi connectivity index (χ1v) is 11.9. The summed E-state index contributed by atoms with van der Waals surface area (Å²) in [7, 11) is 0. The number of nitrogens with zero attached hydrogens (tertiary/aromatic N) is 2. The second kappa shape index (κ2) is 8.82. The molecule has 2 aromatic carbocycles. The minimum atomic E-state index is -0.363. The largest absolute Gasteiger partial charge is 0.339 e. The van der Waals surface area contributed by atoms with E-state index in [1.807, 2.05) is 5.38 Å². The van der Waals surface area contributed by atoms with E-state index in [1.54, 1.807) is 4.90 Å². The molecular weight excluding hydrogens is 425 g/mol. The van der Waals surface area contributed by atoms with Gasteiger partial charge in [0, 0.05) is 35.5 Å². The van der Waals surface area contributed by atoms with Crippen LogP contribution in [-0.4, -0.2) is 34.8 Å². The molecule has 0 atom stereocenters. The number of carbonyl (C=O) groups is 2. The van der Waals surface area contributed by atoms with Crippen molar-refractivity contribution in [3.8, 4) is 11.3 Å². The predicted octanol–water partition coefficient (Wildman–Crippen LogP) is 4.93. The van der Waals surface area contributed by atoms with Crippen LogP contribution in [0.4, 0.5) is 9.52 Å². The van der Waals surface area contributed by atoms with E-state index in [-0.39, 0.29) is 23.5 Å². The molecule has 3 aromatic rings. The lowest BCUT2D eigenvalue weighted by Gasteiger charge is -2.31. The smallest absolute Gasteiger partial charge is 0.253 e. The maximum Gasteiger partial charge on any atom is 0.253 e. The van der Waals surface area contributed by atoms with Gasteiger partial charge in [-0.05, 0) is 73.6 Å². The Kier molecular flexibility index (Phi) is 5.74. The van der Waals surface area contributed by atoms with E-state index in [1.165, 1.54) is 53.1 Å². The van der Waals surface area contributed by atoms with Gasteiger partial charge in [0.2, 0.25) is 5.91 Å². The molecule has 2 amide bonds. The fourth-order valence-electron chi connectivity index (χ4n) is 4.52. The van der Waals surface area contributed by atoms with Crippen molar-refractivity contribution in [3.63, 3.8) is 0 Å². The minimum Gasteiger partial charge on any atom is -0.339 e. The number of piperidine rings is 1. The van der Waals surface area contributed by atoms with Crippen LogP contribution >= 0.6 is 11.3 Å². The zero-order valence-corrected chi connectivity index (χ0v) is 18.5. The zero-order chi connectivity index (χ0) is 22.1. The molecule has 2 aliphatic rings. The lowest BCUT2D eigenvalue weighted by molar-refractivity contribution is -0.121. The number of likely N-dealkylation sites (tertiary alicyclic amines) is 1. The van der Waals surface area contributed by atoms with Crippen molar-refractivity contribution in [1.82, 2.24) is 9.88 Å². The number of hydrogen-bond acceptors (Lipinski definition) is 4. The molecule has 164 valence electrons. The highest BCUT2D eigenvalue weighted by molar-refractivity contribution is 7.14. The van der Waals surface area contributed by atoms with Crippen LogP contribution in [0.25, 0.3) is 11.3 Å². The van der Waals surface area contributed by atoms with Crippen molar-refractivity contribution in [2.24, 2.45) is 5.92 Å². The number of fused-ring (bicyclic) bond motifs is 1. The summed E-state index contributed by atoms with van der Waals surface area (Å²) < 4.78 is 13.1. The van der Waals surface area contributed by atoms with E-state index < -0.39 is 0 Å². The summed E-state index contributed by atoms with van der Waals surface area (Å²) in [5, 5.41) is 5.55. The minimum absolute atomic E-state index is 0.0475. The van der Waals surface area contributed by atoms with Crippen LogP contribution < -0.4 is 5.32 Å². The first-order chi connectivity index (χ1) is 15.6. The zero-order valence-electron chi connectivity index (χ0n) is 17.6. The highest BCUT2D eigenvalue weighted by atomic mass is 32.1. The molecular formula is C25H24FN3O2S. The van der Waals surface area contributed by atoms with E-state index in [9.17, 15) is 14.0 Å². The third kappa shape index (κ3) is 4.30. The number of anilines is 1. The van der Waals surface area contributed by atoms with E-state index in [0.29, 0.717) is 36.6 Å². The van der Waals surface area contributed by atoms with Crippen molar-refractivity contribution < 1.29 is 14.0 Å². The number of aryl methyl sites for hydroxylation is 2. The molecule has 1 saturated heterocycles. The van der Waals surface area contributed by atoms with E-state index in [4.69, 9.17) is 0 Å². The summed E-state index contributed by atoms with van der Waals surface area (Å²) in [5.41, 5.74) is 5.29. The number of rotatable bonds is 4. The number of halogens is 1. The topological polar surface area (TPSA) is 62.3 Å². The fraction of sp³-hybridized carbons (Fsp3) is 0.320. The van der Waals surface area contributed by atoms with Crippen LogP contribution in [0.5, 0.6) is 0 Å². The third-order valence-electron chi connectivity index (χ3n) is 6.37. The summed E-state index contributed by atoms with van der Waals surface area (Å²) in [4.78, 5) is 31.7. The molecule has 0 saturated carbocycles. The molecule has 0 unspecified atom stereocenters. The van der Waals surface area contributed by atoms with Gasteiger partial charge in [-0.1, -0.05) is 12.1 Å². The number of thiazole rings is 1. The summed E-state index contributed by atoms with van der Waals surface area (Å²) in [6, 6.07) is 12.1. The molecule has 0 spiro atoms. The molecule has 1 aliphatic carbocycles. The van der Waals surface area contributed by atoms with Crippen LogP contribution in [0.2, 0.25) is 0 Å². The van der Waals surface area contributed by atoms with Gasteiger partial charge in [0.05, 0.1) is 5.69 Å². The van der Waals surface area contributed by atoms with Crippen molar-refractivity contribution >= 4 is 28.3 Å². The Labute approximate surface area is 190 Å². The van der Waals surface area contributed by atoms with Crippen molar-refractivity contribution in [2.45, 2.75) is 32.1 Å². The number of benzene rings is 2. The van der Waals surface area contributed by atoms with Crippen molar-refractivity contribution in [2.75, 3.05) is 18.4 Å². The molecule has 5 rings (SSSR count). The van der Waals surface area contributed by atoms with Gasteiger partial charge in [-0.15, -0.1) is 11.3 Å². The number of hydrogen-bond donors (Lipinski definition) is 1. The second-order valence-electron chi connectivity index (χ2n) is 8.44. The normalized spacial score (nSPS) is 16.1. The van der Waals surface area contributed by atoms with Gasteiger partial charge in [0.15, 0.2) is 5.13 Å². The molecule has 0 radical (unpaired) electrons. The number of carbonyl (C=O) groups excluding carboxylic acids is 2. The first kappa shape index (κ1) is 20.8. The van der Waals surface area contributed by atoms with Gasteiger partial charge in [-0.25, -0.2) is 9.37 Å². The summed E-state index contributed by atoms with van der Waals surface area (Å²) in [6.07, 6.45) is 4.69. The average molecular weight is 450 g/mol. The molecule has 1 N–H and O–H groups in total. The van der Waals surface area contributed by atoms with Crippen molar-refractivity contribution in [1.29, 1.82) is 0 Å². The van der Waals surface area contributed by atoms with Gasteiger partial charge in [0.25, 0.3) is 5.91 Å². The van der Waals surface area contributed by atoms with Crippen LogP contribution in [0.1, 0.15) is 40.7 Å². The highest BCUT2D eigenvalue weighted by Crippen LogP contribution is 2.30. The average Bonchev–Trinajstić information content (AvgIpc) is 3.48. The Morgan fingerprint density at radius 2 is 1.78 bits per heavy atom. The van der Waals surface area contributed by atoms with Gasteiger partial charge < -0.3 is 10.2 Å². The van der Waals surface area contributed by atoms with Gasteiger partial charge >= 0.3 is 0 Å². The molecule has 1 fully saturated rings. The number of amides is 2. The maximum absolute atomic E-state index is 13.1. The molecule has 1 aliphatic heterocycles. The van der Waals surface area contributed by atoms with Crippen LogP contribution in [0.15, 0.2) is 47.8 Å². The second-order valence-corrected chi connectivity index (χ2v) is 9.30. The summed E-state index contributed by atoms with van der Waals surface area (Å²) in [5.74, 6) is -0.686. The molecule has 2 heterocycles. The monoisotopic (exact) mass is 449 g/mol. The van der Waals surface area contributed by atoms with E-state index in [0.717, 1.165) is 24.1 Å². The summed E-state index contributed by atoms with van der Waals surface area (Å²) >= 11 is 1.44. The molecule has 1 aromatic heterocycles. The molecule has 7 heteroatoms.